The smallest absolute Gasteiger partial charge is 0.178 e. The van der Waals surface area contributed by atoms with E-state index >= 15 is 0 Å². The van der Waals surface area contributed by atoms with E-state index in [1.807, 2.05) is 6.08 Å². The zero-order valence-electron chi connectivity index (χ0n) is 14.1. The van der Waals surface area contributed by atoms with Crippen LogP contribution in [0.15, 0.2) is 23.8 Å². The molecule has 3 fully saturated rings. The molecule has 0 spiro atoms. The summed E-state index contributed by atoms with van der Waals surface area (Å²) in [5, 5.41) is 11.0. The number of carbonyl (C=O) groups is 1. The monoisotopic (exact) mass is 310 g/mol. The third-order valence-corrected chi connectivity index (χ3v) is 7.95. The molecule has 2 heteroatoms. The quantitative estimate of drug-likeness (QED) is 0.693. The van der Waals surface area contributed by atoms with Crippen molar-refractivity contribution >= 4 is 5.78 Å². The van der Waals surface area contributed by atoms with Crippen molar-refractivity contribution in [2.75, 3.05) is 0 Å². The SMILES string of the molecule is C#C[C@]1(O)CC[C@@H]2[C@@H]3CCC4=CC(=O)C=C[C@]4(C)[C@@H]3CC[C@]21C. The summed E-state index contributed by atoms with van der Waals surface area (Å²) < 4.78 is 0. The Morgan fingerprint density at radius 2 is 1.96 bits per heavy atom. The molecule has 0 aliphatic heterocycles. The van der Waals surface area contributed by atoms with Gasteiger partial charge in [0.25, 0.3) is 0 Å². The minimum Gasteiger partial charge on any atom is -0.377 e. The molecule has 1 N–H and O–H groups in total. The third kappa shape index (κ3) is 1.78. The fourth-order valence-corrected chi connectivity index (χ4v) is 6.45. The summed E-state index contributed by atoms with van der Waals surface area (Å²) in [4.78, 5) is 11.8. The Labute approximate surface area is 139 Å². The first-order chi connectivity index (χ1) is 10.8. The Bertz CT molecular complexity index is 666. The largest absolute Gasteiger partial charge is 0.377 e. The molecule has 4 aliphatic carbocycles. The summed E-state index contributed by atoms with van der Waals surface area (Å²) in [5.41, 5.74) is 0.266. The molecule has 0 radical (unpaired) electrons. The van der Waals surface area contributed by atoms with Crippen LogP contribution in [-0.2, 0) is 4.79 Å². The van der Waals surface area contributed by atoms with E-state index in [-0.39, 0.29) is 16.6 Å². The van der Waals surface area contributed by atoms with Crippen molar-refractivity contribution in [2.45, 2.75) is 58.0 Å². The van der Waals surface area contributed by atoms with Crippen LogP contribution in [0.25, 0.3) is 0 Å². The first-order valence-corrected chi connectivity index (χ1v) is 8.98. The number of aliphatic hydroxyl groups is 1. The molecule has 4 aliphatic rings. The van der Waals surface area contributed by atoms with Crippen LogP contribution in [0.4, 0.5) is 0 Å². The summed E-state index contributed by atoms with van der Waals surface area (Å²) in [6, 6.07) is 0. The average molecular weight is 310 g/mol. The fourth-order valence-electron chi connectivity index (χ4n) is 6.45. The van der Waals surface area contributed by atoms with E-state index in [0.717, 1.165) is 38.5 Å². The van der Waals surface area contributed by atoms with Crippen LogP contribution in [0.1, 0.15) is 52.4 Å². The van der Waals surface area contributed by atoms with E-state index in [0.29, 0.717) is 17.8 Å². The molecule has 3 saturated carbocycles. The van der Waals surface area contributed by atoms with Crippen molar-refractivity contribution in [1.82, 2.24) is 0 Å². The van der Waals surface area contributed by atoms with Crippen LogP contribution < -0.4 is 0 Å². The topological polar surface area (TPSA) is 37.3 Å². The lowest BCUT2D eigenvalue weighted by Gasteiger charge is -2.57. The first-order valence-electron chi connectivity index (χ1n) is 8.98. The van der Waals surface area contributed by atoms with Gasteiger partial charge in [0.2, 0.25) is 0 Å². The van der Waals surface area contributed by atoms with Crippen LogP contribution in [0.2, 0.25) is 0 Å². The van der Waals surface area contributed by atoms with Crippen molar-refractivity contribution in [1.29, 1.82) is 0 Å². The van der Waals surface area contributed by atoms with Gasteiger partial charge in [-0.15, -0.1) is 6.42 Å². The predicted octanol–water partition coefficient (Wildman–Crippen LogP) is 3.66. The van der Waals surface area contributed by atoms with Gasteiger partial charge in [-0.25, -0.2) is 0 Å². The summed E-state index contributed by atoms with van der Waals surface area (Å²) in [6.07, 6.45) is 17.5. The number of allylic oxidation sites excluding steroid dienone is 4. The van der Waals surface area contributed by atoms with E-state index in [2.05, 4.69) is 25.8 Å². The van der Waals surface area contributed by atoms with Crippen LogP contribution in [-0.4, -0.2) is 16.5 Å². The lowest BCUT2D eigenvalue weighted by molar-refractivity contribution is -0.111. The molecule has 23 heavy (non-hydrogen) atoms. The van der Waals surface area contributed by atoms with Crippen molar-refractivity contribution in [3.8, 4) is 12.3 Å². The van der Waals surface area contributed by atoms with Gasteiger partial charge in [-0.05, 0) is 68.4 Å². The number of fused-ring (bicyclic) bond motifs is 5. The van der Waals surface area contributed by atoms with Gasteiger partial charge >= 0.3 is 0 Å². The molecule has 0 heterocycles. The minimum absolute atomic E-state index is 0.0228. The number of terminal acetylenes is 1. The number of ketones is 1. The Kier molecular flexibility index (Phi) is 3.05. The summed E-state index contributed by atoms with van der Waals surface area (Å²) >= 11 is 0. The van der Waals surface area contributed by atoms with Gasteiger partial charge in [0.1, 0.15) is 5.60 Å². The molecule has 0 saturated heterocycles. The molecule has 0 bridgehead atoms. The van der Waals surface area contributed by atoms with E-state index in [9.17, 15) is 9.90 Å². The molecule has 4 rings (SSSR count). The molecule has 0 aromatic rings. The van der Waals surface area contributed by atoms with Gasteiger partial charge in [0, 0.05) is 10.8 Å². The van der Waals surface area contributed by atoms with Crippen molar-refractivity contribution < 1.29 is 9.90 Å². The highest BCUT2D eigenvalue weighted by molar-refractivity contribution is 6.01. The standard InChI is InChI=1S/C21H26O2/c1-4-21(23)12-9-18-16-6-5-14-13-15(22)7-10-19(14,2)17(16)8-11-20(18,21)3/h1,7,10,13,16-18,23H,5-6,8-9,11-12H2,2-3H3/t16-,17-,18-,19+,20-,21+/m1/s1. The zero-order chi connectivity index (χ0) is 16.5. The van der Waals surface area contributed by atoms with Crippen LogP contribution >= 0.6 is 0 Å². The summed E-state index contributed by atoms with van der Waals surface area (Å²) in [5.74, 6) is 4.56. The Balaban J connectivity index is 1.72. The van der Waals surface area contributed by atoms with Crippen molar-refractivity contribution in [3.63, 3.8) is 0 Å². The maximum atomic E-state index is 11.8. The second kappa shape index (κ2) is 4.61. The summed E-state index contributed by atoms with van der Waals surface area (Å²) in [7, 11) is 0. The van der Waals surface area contributed by atoms with Crippen LogP contribution in [0.3, 0.4) is 0 Å². The molecule has 0 aromatic heterocycles. The number of hydrogen-bond donors (Lipinski definition) is 1. The number of rotatable bonds is 0. The van der Waals surface area contributed by atoms with Gasteiger partial charge in [0.05, 0.1) is 0 Å². The van der Waals surface area contributed by atoms with Gasteiger partial charge in [-0.2, -0.15) is 0 Å². The van der Waals surface area contributed by atoms with E-state index in [1.165, 1.54) is 5.57 Å². The lowest BCUT2D eigenvalue weighted by atomic mass is 9.47. The van der Waals surface area contributed by atoms with Gasteiger partial charge < -0.3 is 5.11 Å². The molecular formula is C21H26O2. The number of hydrogen-bond acceptors (Lipinski definition) is 2. The van der Waals surface area contributed by atoms with Crippen LogP contribution in [0.5, 0.6) is 0 Å². The van der Waals surface area contributed by atoms with Gasteiger partial charge in [-0.3, -0.25) is 4.79 Å². The third-order valence-electron chi connectivity index (χ3n) is 7.95. The van der Waals surface area contributed by atoms with E-state index in [1.54, 1.807) is 6.08 Å². The molecule has 6 atom stereocenters. The zero-order valence-corrected chi connectivity index (χ0v) is 14.1. The van der Waals surface area contributed by atoms with E-state index < -0.39 is 5.60 Å². The minimum atomic E-state index is -0.933. The van der Waals surface area contributed by atoms with Crippen molar-refractivity contribution in [3.05, 3.63) is 23.8 Å². The maximum Gasteiger partial charge on any atom is 0.178 e. The molecule has 2 nitrogen and oxygen atoms in total. The lowest BCUT2D eigenvalue weighted by Crippen LogP contribution is -2.53. The molecule has 0 aromatic carbocycles. The van der Waals surface area contributed by atoms with E-state index in [4.69, 9.17) is 6.42 Å². The normalized spacial score (nSPS) is 51.3. The second-order valence-electron chi connectivity index (χ2n) is 8.60. The highest BCUT2D eigenvalue weighted by Gasteiger charge is 2.63. The van der Waals surface area contributed by atoms with Gasteiger partial charge in [-0.1, -0.05) is 31.4 Å². The Hall–Kier alpha value is -1.33. The predicted molar refractivity (Wildman–Crippen MR) is 90.4 cm³/mol. The molecule has 122 valence electrons. The second-order valence-corrected chi connectivity index (χ2v) is 8.60. The highest BCUT2D eigenvalue weighted by Crippen LogP contribution is 2.66. The van der Waals surface area contributed by atoms with Gasteiger partial charge in [0.15, 0.2) is 5.78 Å². The number of carbonyl (C=O) groups excluding carboxylic acids is 1. The summed E-state index contributed by atoms with van der Waals surface area (Å²) in [6.45, 7) is 4.53. The first kappa shape index (κ1) is 15.2. The molecular weight excluding hydrogens is 284 g/mol. The molecule has 0 unspecified atom stereocenters. The maximum absolute atomic E-state index is 11.8. The van der Waals surface area contributed by atoms with Crippen molar-refractivity contribution in [2.24, 2.45) is 28.6 Å². The molecule has 0 amide bonds. The fraction of sp³-hybridized carbons (Fsp3) is 0.667. The van der Waals surface area contributed by atoms with Crippen LogP contribution in [0, 0.1) is 40.9 Å². The highest BCUT2D eigenvalue weighted by atomic mass is 16.3. The Morgan fingerprint density at radius 3 is 2.70 bits per heavy atom. The average Bonchev–Trinajstić information content (AvgIpc) is 2.80. The Morgan fingerprint density at radius 1 is 1.22 bits per heavy atom.